The first-order chi connectivity index (χ1) is 12.9. The molecule has 0 unspecified atom stereocenters. The van der Waals surface area contributed by atoms with Crippen LogP contribution in [0.1, 0.15) is 0 Å². The van der Waals surface area contributed by atoms with Crippen molar-refractivity contribution in [3.8, 4) is 0 Å². The number of nitro groups is 1. The Bertz CT molecular complexity index is 1110. The van der Waals surface area contributed by atoms with Crippen molar-refractivity contribution < 1.29 is 13.3 Å². The van der Waals surface area contributed by atoms with Crippen molar-refractivity contribution in [2.45, 2.75) is 14.8 Å². The van der Waals surface area contributed by atoms with Crippen LogP contribution in [-0.4, -0.2) is 18.3 Å². The van der Waals surface area contributed by atoms with Gasteiger partial charge in [-0.15, -0.1) is 0 Å². The van der Waals surface area contributed by atoms with E-state index in [2.05, 4.69) is 25.6 Å². The van der Waals surface area contributed by atoms with Gasteiger partial charge in [-0.1, -0.05) is 45.9 Å². The topological polar surface area (TPSA) is 102 Å². The molecule has 3 aromatic rings. The summed E-state index contributed by atoms with van der Waals surface area (Å²) >= 11 is 4.27. The van der Waals surface area contributed by atoms with Crippen LogP contribution < -0.4 is 4.72 Å². The molecule has 0 aliphatic rings. The van der Waals surface area contributed by atoms with Crippen molar-refractivity contribution in [1.29, 1.82) is 0 Å². The molecule has 0 amide bonds. The summed E-state index contributed by atoms with van der Waals surface area (Å²) < 4.78 is 28.5. The molecule has 0 aliphatic carbocycles. The van der Waals surface area contributed by atoms with Gasteiger partial charge in [-0.3, -0.25) is 14.8 Å². The lowest BCUT2D eigenvalue weighted by atomic mass is 10.3. The van der Waals surface area contributed by atoms with Crippen molar-refractivity contribution in [2.24, 2.45) is 0 Å². The first-order valence-electron chi connectivity index (χ1n) is 7.51. The Morgan fingerprint density at radius 3 is 2.59 bits per heavy atom. The fourth-order valence-electron chi connectivity index (χ4n) is 2.18. The van der Waals surface area contributed by atoms with Gasteiger partial charge in [0.15, 0.2) is 5.03 Å². The quantitative estimate of drug-likeness (QED) is 0.417. The van der Waals surface area contributed by atoms with Crippen molar-refractivity contribution in [2.75, 3.05) is 4.72 Å². The minimum Gasteiger partial charge on any atom is -0.278 e. The van der Waals surface area contributed by atoms with E-state index in [1.54, 1.807) is 36.4 Å². The van der Waals surface area contributed by atoms with E-state index in [9.17, 15) is 18.5 Å². The van der Waals surface area contributed by atoms with Gasteiger partial charge in [0.25, 0.3) is 10.0 Å². The molecule has 1 aromatic heterocycles. The first-order valence-corrected chi connectivity index (χ1v) is 10.6. The monoisotopic (exact) mass is 465 g/mol. The maximum absolute atomic E-state index is 12.7. The average Bonchev–Trinajstić information content (AvgIpc) is 2.63. The summed E-state index contributed by atoms with van der Waals surface area (Å²) in [7, 11) is -3.82. The number of rotatable bonds is 6. The molecule has 3 rings (SSSR count). The van der Waals surface area contributed by atoms with Gasteiger partial charge in [-0.05, 0) is 36.4 Å². The molecule has 10 heteroatoms. The lowest BCUT2D eigenvalue weighted by Gasteiger charge is -2.12. The number of benzene rings is 2. The molecular formula is C17H12BrN3O4S2. The zero-order valence-electron chi connectivity index (χ0n) is 13.6. The van der Waals surface area contributed by atoms with Gasteiger partial charge in [0, 0.05) is 21.6 Å². The highest BCUT2D eigenvalue weighted by atomic mass is 79.9. The lowest BCUT2D eigenvalue weighted by molar-refractivity contribution is -0.388. The number of pyridine rings is 1. The minimum absolute atomic E-state index is 0.0977. The third-order valence-electron chi connectivity index (χ3n) is 3.39. The SMILES string of the molecule is O=[N+]([O-])c1cccnc1Sc1ccccc1NS(=O)(=O)c1cccc(Br)c1. The number of anilines is 1. The van der Waals surface area contributed by atoms with E-state index in [1.807, 2.05) is 0 Å². The van der Waals surface area contributed by atoms with E-state index in [0.717, 1.165) is 11.8 Å². The van der Waals surface area contributed by atoms with Crippen LogP contribution in [0, 0.1) is 10.1 Å². The van der Waals surface area contributed by atoms with Gasteiger partial charge in [-0.2, -0.15) is 0 Å². The number of sulfonamides is 1. The van der Waals surface area contributed by atoms with Gasteiger partial charge in [0.2, 0.25) is 0 Å². The van der Waals surface area contributed by atoms with E-state index >= 15 is 0 Å². The van der Waals surface area contributed by atoms with Gasteiger partial charge >= 0.3 is 5.69 Å². The molecule has 0 aliphatic heterocycles. The number of halogens is 1. The second kappa shape index (κ2) is 8.07. The summed E-state index contributed by atoms with van der Waals surface area (Å²) in [4.78, 5) is 15.3. The molecule has 7 nitrogen and oxygen atoms in total. The maximum Gasteiger partial charge on any atom is 0.301 e. The molecule has 27 heavy (non-hydrogen) atoms. The third kappa shape index (κ3) is 4.65. The number of aromatic nitrogens is 1. The van der Waals surface area contributed by atoms with Gasteiger partial charge in [0.1, 0.15) is 0 Å². The Balaban J connectivity index is 1.95. The number of nitrogens with one attached hydrogen (secondary N) is 1. The van der Waals surface area contributed by atoms with Crippen molar-refractivity contribution in [3.05, 3.63) is 81.4 Å². The van der Waals surface area contributed by atoms with E-state index in [1.165, 1.54) is 30.5 Å². The predicted molar refractivity (Wildman–Crippen MR) is 106 cm³/mol. The Morgan fingerprint density at radius 1 is 1.07 bits per heavy atom. The van der Waals surface area contributed by atoms with E-state index in [0.29, 0.717) is 15.1 Å². The summed E-state index contributed by atoms with van der Waals surface area (Å²) in [5, 5.41) is 11.4. The van der Waals surface area contributed by atoms with Crippen LogP contribution in [0.2, 0.25) is 0 Å². The van der Waals surface area contributed by atoms with Crippen LogP contribution in [0.25, 0.3) is 0 Å². The smallest absolute Gasteiger partial charge is 0.278 e. The predicted octanol–water partition coefficient (Wildman–Crippen LogP) is 4.70. The number of para-hydroxylation sites is 1. The Labute approximate surface area is 168 Å². The zero-order chi connectivity index (χ0) is 19.4. The second-order valence-electron chi connectivity index (χ2n) is 5.25. The summed E-state index contributed by atoms with van der Waals surface area (Å²) in [6.07, 6.45) is 1.45. The summed E-state index contributed by atoms with van der Waals surface area (Å²) in [6, 6.07) is 15.8. The lowest BCUT2D eigenvalue weighted by Crippen LogP contribution is -2.13. The minimum atomic E-state index is -3.82. The van der Waals surface area contributed by atoms with Crippen LogP contribution >= 0.6 is 27.7 Å². The molecule has 0 bridgehead atoms. The van der Waals surface area contributed by atoms with E-state index < -0.39 is 14.9 Å². The highest BCUT2D eigenvalue weighted by molar-refractivity contribution is 9.10. The number of nitrogens with zero attached hydrogens (tertiary/aromatic N) is 2. The summed E-state index contributed by atoms with van der Waals surface area (Å²) in [5.41, 5.74) is 0.162. The molecule has 0 radical (unpaired) electrons. The van der Waals surface area contributed by atoms with Gasteiger partial charge < -0.3 is 0 Å². The largest absolute Gasteiger partial charge is 0.301 e. The first kappa shape index (κ1) is 19.3. The molecule has 0 saturated carbocycles. The molecule has 0 atom stereocenters. The molecule has 138 valence electrons. The number of hydrogen-bond donors (Lipinski definition) is 1. The van der Waals surface area contributed by atoms with Gasteiger partial charge in [0.05, 0.1) is 15.5 Å². The molecule has 1 heterocycles. The van der Waals surface area contributed by atoms with Crippen molar-refractivity contribution in [3.63, 3.8) is 0 Å². The normalized spacial score (nSPS) is 11.1. The standard InChI is InChI=1S/C17H12BrN3O4S2/c18-12-5-3-6-13(11-12)27(24,25)20-14-7-1-2-9-16(14)26-17-15(21(22)23)8-4-10-19-17/h1-11,20H. The van der Waals surface area contributed by atoms with Crippen molar-refractivity contribution in [1.82, 2.24) is 4.98 Å². The molecule has 0 saturated heterocycles. The van der Waals surface area contributed by atoms with Crippen LogP contribution in [0.4, 0.5) is 11.4 Å². The summed E-state index contributed by atoms with van der Waals surface area (Å²) in [5.74, 6) is 0. The fourth-order valence-corrected chi connectivity index (χ4v) is 4.87. The van der Waals surface area contributed by atoms with E-state index in [-0.39, 0.29) is 15.6 Å². The molecule has 0 spiro atoms. The maximum atomic E-state index is 12.7. The molecule has 1 N–H and O–H groups in total. The Kier molecular flexibility index (Phi) is 5.78. The van der Waals surface area contributed by atoms with Gasteiger partial charge in [-0.25, -0.2) is 13.4 Å². The molecule has 0 fully saturated rings. The van der Waals surface area contributed by atoms with Crippen LogP contribution in [-0.2, 0) is 10.0 Å². The third-order valence-corrected chi connectivity index (χ3v) is 6.33. The van der Waals surface area contributed by atoms with Crippen molar-refractivity contribution >= 4 is 49.1 Å². The molecule has 2 aromatic carbocycles. The van der Waals surface area contributed by atoms with Crippen LogP contribution in [0.3, 0.4) is 0 Å². The van der Waals surface area contributed by atoms with Crippen LogP contribution in [0.5, 0.6) is 0 Å². The zero-order valence-corrected chi connectivity index (χ0v) is 16.8. The number of hydrogen-bond acceptors (Lipinski definition) is 6. The fraction of sp³-hybridized carbons (Fsp3) is 0. The Hall–Kier alpha value is -2.43. The van der Waals surface area contributed by atoms with E-state index in [4.69, 9.17) is 0 Å². The summed E-state index contributed by atoms with van der Waals surface area (Å²) in [6.45, 7) is 0. The Morgan fingerprint density at radius 2 is 1.85 bits per heavy atom. The molecular weight excluding hydrogens is 454 g/mol. The second-order valence-corrected chi connectivity index (χ2v) is 8.87. The highest BCUT2D eigenvalue weighted by Crippen LogP contribution is 2.37. The highest BCUT2D eigenvalue weighted by Gasteiger charge is 2.20. The van der Waals surface area contributed by atoms with Crippen LogP contribution in [0.15, 0.2) is 86.2 Å². The average molecular weight is 466 g/mol.